The van der Waals surface area contributed by atoms with Crippen molar-refractivity contribution in [3.63, 3.8) is 0 Å². The molecule has 0 unspecified atom stereocenters. The summed E-state index contributed by atoms with van der Waals surface area (Å²) in [6.07, 6.45) is 4.72. The molecule has 3 N–H and O–H groups in total. The maximum absolute atomic E-state index is 11.0. The Bertz CT molecular complexity index is 512. The van der Waals surface area contributed by atoms with Crippen molar-refractivity contribution in [3.05, 3.63) is 67.0 Å². The van der Waals surface area contributed by atoms with E-state index in [4.69, 9.17) is 5.73 Å². The fourth-order valence-electron chi connectivity index (χ4n) is 1.27. The lowest BCUT2D eigenvalue weighted by atomic mass is 10.2. The molecular weight excluding hydrogens is 238 g/mol. The minimum Gasteiger partial charge on any atom is -0.399 e. The molecule has 1 aromatic carbocycles. The van der Waals surface area contributed by atoms with Crippen molar-refractivity contribution in [1.29, 1.82) is 0 Å². The summed E-state index contributed by atoms with van der Waals surface area (Å²) in [4.78, 5) is 14.8. The van der Waals surface area contributed by atoms with E-state index in [0.717, 1.165) is 11.3 Å². The van der Waals surface area contributed by atoms with E-state index in [1.54, 1.807) is 24.5 Å². The molecule has 0 bridgehead atoms. The van der Waals surface area contributed by atoms with Gasteiger partial charge in [-0.2, -0.15) is 0 Å². The lowest BCUT2D eigenvalue weighted by Gasteiger charge is -2.06. The van der Waals surface area contributed by atoms with Gasteiger partial charge in [0, 0.05) is 23.8 Å². The van der Waals surface area contributed by atoms with Gasteiger partial charge >= 0.3 is 0 Å². The van der Waals surface area contributed by atoms with Gasteiger partial charge in [-0.1, -0.05) is 18.7 Å². The molecule has 1 aromatic heterocycles. The van der Waals surface area contributed by atoms with E-state index in [9.17, 15) is 4.79 Å². The molecule has 1 heterocycles. The Balaban J connectivity index is 0.000000250. The number of pyridine rings is 1. The molecule has 0 aliphatic carbocycles. The number of hydrogen-bond acceptors (Lipinski definition) is 3. The van der Waals surface area contributed by atoms with E-state index >= 15 is 0 Å². The maximum Gasteiger partial charge on any atom is 0.247 e. The number of nitrogens with zero attached hydrogens (tertiary/aromatic N) is 1. The molecule has 1 amide bonds. The average molecular weight is 255 g/mol. The van der Waals surface area contributed by atoms with Crippen LogP contribution in [0.25, 0.3) is 0 Å². The molecule has 4 heteroatoms. The third kappa shape index (κ3) is 5.50. The monoisotopic (exact) mass is 255 g/mol. The van der Waals surface area contributed by atoms with Crippen LogP contribution in [0.5, 0.6) is 0 Å². The fourth-order valence-corrected chi connectivity index (χ4v) is 1.27. The first-order valence-corrected chi connectivity index (χ1v) is 5.78. The van der Waals surface area contributed by atoms with Crippen molar-refractivity contribution in [2.24, 2.45) is 0 Å². The van der Waals surface area contributed by atoms with Gasteiger partial charge in [-0.05, 0) is 42.8 Å². The molecule has 0 saturated carbocycles. The Morgan fingerprint density at radius 2 is 2.00 bits per heavy atom. The number of carbonyl (C=O) groups excluding carboxylic acids is 1. The molecule has 4 nitrogen and oxygen atoms in total. The number of nitrogens with one attached hydrogen (secondary N) is 1. The molecule has 2 aromatic rings. The van der Waals surface area contributed by atoms with Crippen molar-refractivity contribution in [2.45, 2.75) is 6.92 Å². The van der Waals surface area contributed by atoms with Gasteiger partial charge in [0.25, 0.3) is 0 Å². The van der Waals surface area contributed by atoms with Gasteiger partial charge in [0.05, 0.1) is 0 Å². The molecule has 0 saturated heterocycles. The smallest absolute Gasteiger partial charge is 0.247 e. The van der Waals surface area contributed by atoms with Gasteiger partial charge in [-0.3, -0.25) is 9.78 Å². The molecule has 0 fully saturated rings. The minimum atomic E-state index is -0.228. The highest BCUT2D eigenvalue weighted by Gasteiger charge is 2.00. The Labute approximate surface area is 113 Å². The number of amides is 1. The highest BCUT2D eigenvalue weighted by molar-refractivity contribution is 5.99. The maximum atomic E-state index is 11.0. The third-order valence-corrected chi connectivity index (χ3v) is 2.27. The van der Waals surface area contributed by atoms with Gasteiger partial charge in [-0.25, -0.2) is 0 Å². The van der Waals surface area contributed by atoms with E-state index in [2.05, 4.69) is 16.9 Å². The second-order valence-corrected chi connectivity index (χ2v) is 3.79. The summed E-state index contributed by atoms with van der Waals surface area (Å²) in [7, 11) is 0. The summed E-state index contributed by atoms with van der Waals surface area (Å²) < 4.78 is 0. The first-order chi connectivity index (χ1) is 9.13. The molecule has 19 heavy (non-hydrogen) atoms. The third-order valence-electron chi connectivity index (χ3n) is 2.27. The van der Waals surface area contributed by atoms with Crippen molar-refractivity contribution in [3.8, 4) is 0 Å². The van der Waals surface area contributed by atoms with Gasteiger partial charge < -0.3 is 11.1 Å². The number of carbonyl (C=O) groups is 1. The topological polar surface area (TPSA) is 68.0 Å². The number of aromatic nitrogens is 1. The fraction of sp³-hybridized carbons (Fsp3) is 0.0667. The van der Waals surface area contributed by atoms with E-state index in [0.29, 0.717) is 5.69 Å². The van der Waals surface area contributed by atoms with Gasteiger partial charge in [-0.15, -0.1) is 0 Å². The molecule has 0 aliphatic heterocycles. The van der Waals surface area contributed by atoms with Crippen molar-refractivity contribution >= 4 is 17.3 Å². The van der Waals surface area contributed by atoms with Crippen LogP contribution in [-0.2, 0) is 4.79 Å². The largest absolute Gasteiger partial charge is 0.399 e. The number of nitrogen functional groups attached to an aromatic ring is 1. The predicted octanol–water partition coefficient (Wildman–Crippen LogP) is 2.78. The molecular formula is C15H17N3O. The van der Waals surface area contributed by atoms with E-state index in [-0.39, 0.29) is 5.91 Å². The number of aryl methyl sites for hydroxylation is 1. The van der Waals surface area contributed by atoms with Crippen LogP contribution in [0.15, 0.2) is 61.4 Å². The zero-order valence-electron chi connectivity index (χ0n) is 10.8. The van der Waals surface area contributed by atoms with E-state index < -0.39 is 0 Å². The Hall–Kier alpha value is -2.62. The Kier molecular flexibility index (Phi) is 5.82. The SMILES string of the molecule is C=CC(=O)Nc1cc(N)ccc1C.c1ccncc1. The van der Waals surface area contributed by atoms with Gasteiger partial charge in [0.1, 0.15) is 0 Å². The number of anilines is 2. The van der Waals surface area contributed by atoms with Crippen molar-refractivity contribution < 1.29 is 4.79 Å². The molecule has 0 radical (unpaired) electrons. The molecule has 0 aliphatic rings. The summed E-state index contributed by atoms with van der Waals surface area (Å²) in [5.41, 5.74) is 7.90. The van der Waals surface area contributed by atoms with Gasteiger partial charge in [0.15, 0.2) is 0 Å². The summed E-state index contributed by atoms with van der Waals surface area (Å²) in [6.45, 7) is 5.27. The normalized spacial score (nSPS) is 8.89. The molecule has 98 valence electrons. The number of hydrogen-bond donors (Lipinski definition) is 2. The quantitative estimate of drug-likeness (QED) is 0.640. The minimum absolute atomic E-state index is 0.228. The highest BCUT2D eigenvalue weighted by Crippen LogP contribution is 2.17. The molecule has 0 spiro atoms. The average Bonchev–Trinajstić information content (AvgIpc) is 2.45. The predicted molar refractivity (Wildman–Crippen MR) is 78.7 cm³/mol. The number of rotatable bonds is 2. The van der Waals surface area contributed by atoms with E-state index in [1.165, 1.54) is 6.08 Å². The lowest BCUT2D eigenvalue weighted by Crippen LogP contribution is -2.08. The summed E-state index contributed by atoms with van der Waals surface area (Å²) in [5.74, 6) is -0.228. The standard InChI is InChI=1S/C10H12N2O.C5H5N/c1-3-10(13)12-9-6-8(11)5-4-7(9)2;1-2-4-6-5-3-1/h3-6H,1,11H2,2H3,(H,12,13);1-5H. The Morgan fingerprint density at radius 3 is 2.47 bits per heavy atom. The number of nitrogens with two attached hydrogens (primary N) is 1. The van der Waals surface area contributed by atoms with Crippen LogP contribution in [0, 0.1) is 6.92 Å². The van der Waals surface area contributed by atoms with Crippen LogP contribution >= 0.6 is 0 Å². The first-order valence-electron chi connectivity index (χ1n) is 5.78. The number of benzene rings is 1. The van der Waals surface area contributed by atoms with Crippen LogP contribution in [0.4, 0.5) is 11.4 Å². The van der Waals surface area contributed by atoms with Crippen LogP contribution in [0.3, 0.4) is 0 Å². The first kappa shape index (κ1) is 14.4. The van der Waals surface area contributed by atoms with Crippen LogP contribution in [0.1, 0.15) is 5.56 Å². The van der Waals surface area contributed by atoms with Crippen LogP contribution in [-0.4, -0.2) is 10.9 Å². The van der Waals surface area contributed by atoms with Crippen molar-refractivity contribution in [1.82, 2.24) is 4.98 Å². The van der Waals surface area contributed by atoms with Crippen LogP contribution < -0.4 is 11.1 Å². The highest BCUT2D eigenvalue weighted by atomic mass is 16.1. The second-order valence-electron chi connectivity index (χ2n) is 3.79. The summed E-state index contributed by atoms with van der Waals surface area (Å²) >= 11 is 0. The van der Waals surface area contributed by atoms with Crippen LogP contribution in [0.2, 0.25) is 0 Å². The van der Waals surface area contributed by atoms with Gasteiger partial charge in [0.2, 0.25) is 5.91 Å². The van der Waals surface area contributed by atoms with E-state index in [1.807, 2.05) is 31.2 Å². The molecule has 2 rings (SSSR count). The summed E-state index contributed by atoms with van der Waals surface area (Å²) in [6, 6.07) is 11.1. The lowest BCUT2D eigenvalue weighted by molar-refractivity contribution is -0.111. The zero-order chi connectivity index (χ0) is 14.1. The summed E-state index contributed by atoms with van der Waals surface area (Å²) in [5, 5.41) is 2.66. The van der Waals surface area contributed by atoms with Crippen molar-refractivity contribution in [2.75, 3.05) is 11.1 Å². The molecule has 0 atom stereocenters. The zero-order valence-corrected chi connectivity index (χ0v) is 10.8. The Morgan fingerprint density at radius 1 is 1.32 bits per heavy atom. The second kappa shape index (κ2) is 7.66.